The van der Waals surface area contributed by atoms with Gasteiger partial charge in [-0.15, -0.1) is 0 Å². The van der Waals surface area contributed by atoms with Crippen molar-refractivity contribution < 1.29 is 14.3 Å². The molecule has 0 aliphatic heterocycles. The summed E-state index contributed by atoms with van der Waals surface area (Å²) in [6, 6.07) is 13.1. The first-order chi connectivity index (χ1) is 13.0. The molecular formula is C21H21N3O3. The summed E-state index contributed by atoms with van der Waals surface area (Å²) in [4.78, 5) is 21.5. The SMILES string of the molecule is COc1ccc(-c2ncc(C(=O)Nc3cc(C)ccc3OC)c(C)n2)cc1. The van der Waals surface area contributed by atoms with Crippen molar-refractivity contribution in [1.82, 2.24) is 9.97 Å². The molecule has 138 valence electrons. The van der Waals surface area contributed by atoms with E-state index in [4.69, 9.17) is 9.47 Å². The van der Waals surface area contributed by atoms with Gasteiger partial charge >= 0.3 is 0 Å². The van der Waals surface area contributed by atoms with E-state index in [9.17, 15) is 4.79 Å². The number of aryl methyl sites for hydroxylation is 2. The van der Waals surface area contributed by atoms with Gasteiger partial charge in [0, 0.05) is 11.8 Å². The van der Waals surface area contributed by atoms with Gasteiger partial charge in [0.1, 0.15) is 11.5 Å². The van der Waals surface area contributed by atoms with Crippen LogP contribution in [0, 0.1) is 13.8 Å². The standard InChI is InChI=1S/C21H21N3O3/c1-13-5-10-19(27-4)18(11-13)24-21(25)17-12-22-20(23-14(17)2)15-6-8-16(26-3)9-7-15/h5-12H,1-4H3,(H,24,25). The molecule has 1 heterocycles. The molecule has 0 bridgehead atoms. The van der Waals surface area contributed by atoms with Crippen molar-refractivity contribution in [1.29, 1.82) is 0 Å². The van der Waals surface area contributed by atoms with Gasteiger partial charge in [0.25, 0.3) is 5.91 Å². The van der Waals surface area contributed by atoms with E-state index in [0.717, 1.165) is 16.9 Å². The van der Waals surface area contributed by atoms with Crippen LogP contribution >= 0.6 is 0 Å². The molecule has 0 atom stereocenters. The molecule has 2 aromatic carbocycles. The topological polar surface area (TPSA) is 73.3 Å². The number of anilines is 1. The van der Waals surface area contributed by atoms with E-state index >= 15 is 0 Å². The summed E-state index contributed by atoms with van der Waals surface area (Å²) in [5.74, 6) is 1.64. The lowest BCUT2D eigenvalue weighted by molar-refractivity contribution is 0.102. The number of hydrogen-bond acceptors (Lipinski definition) is 5. The smallest absolute Gasteiger partial charge is 0.259 e. The predicted molar refractivity (Wildman–Crippen MR) is 104 cm³/mol. The quantitative estimate of drug-likeness (QED) is 0.741. The monoisotopic (exact) mass is 363 g/mol. The number of amides is 1. The molecular weight excluding hydrogens is 342 g/mol. The van der Waals surface area contributed by atoms with Gasteiger partial charge in [0.05, 0.1) is 31.2 Å². The number of rotatable bonds is 5. The van der Waals surface area contributed by atoms with Crippen LogP contribution in [0.25, 0.3) is 11.4 Å². The molecule has 0 aliphatic carbocycles. The van der Waals surface area contributed by atoms with Crippen LogP contribution in [0.15, 0.2) is 48.7 Å². The summed E-state index contributed by atoms with van der Waals surface area (Å²) in [7, 11) is 3.19. The maximum Gasteiger partial charge on any atom is 0.259 e. The minimum Gasteiger partial charge on any atom is -0.497 e. The molecule has 0 fully saturated rings. The largest absolute Gasteiger partial charge is 0.497 e. The Labute approximate surface area is 158 Å². The van der Waals surface area contributed by atoms with Gasteiger partial charge in [-0.25, -0.2) is 9.97 Å². The summed E-state index contributed by atoms with van der Waals surface area (Å²) in [5, 5.41) is 2.87. The molecule has 3 aromatic rings. The average molecular weight is 363 g/mol. The molecule has 6 nitrogen and oxygen atoms in total. The molecule has 27 heavy (non-hydrogen) atoms. The first-order valence-corrected chi connectivity index (χ1v) is 8.46. The maximum absolute atomic E-state index is 12.7. The Morgan fingerprint density at radius 2 is 1.74 bits per heavy atom. The van der Waals surface area contributed by atoms with E-state index in [0.29, 0.717) is 28.5 Å². The third kappa shape index (κ3) is 4.06. The molecule has 6 heteroatoms. The second kappa shape index (κ2) is 7.86. The number of benzene rings is 2. The highest BCUT2D eigenvalue weighted by atomic mass is 16.5. The van der Waals surface area contributed by atoms with Crippen molar-refractivity contribution in [2.24, 2.45) is 0 Å². The Balaban J connectivity index is 1.85. The Bertz CT molecular complexity index is 969. The number of hydrogen-bond donors (Lipinski definition) is 1. The lowest BCUT2D eigenvalue weighted by Gasteiger charge is -2.12. The molecule has 0 radical (unpaired) electrons. The number of aromatic nitrogens is 2. The van der Waals surface area contributed by atoms with Gasteiger partial charge in [-0.2, -0.15) is 0 Å². The molecule has 0 saturated carbocycles. The summed E-state index contributed by atoms with van der Waals surface area (Å²) >= 11 is 0. The number of carbonyl (C=O) groups excluding carboxylic acids is 1. The van der Waals surface area contributed by atoms with Crippen LogP contribution in [-0.4, -0.2) is 30.1 Å². The van der Waals surface area contributed by atoms with Gasteiger partial charge < -0.3 is 14.8 Å². The van der Waals surface area contributed by atoms with Gasteiger partial charge in [-0.1, -0.05) is 6.07 Å². The third-order valence-electron chi connectivity index (χ3n) is 4.18. The molecule has 3 rings (SSSR count). The van der Waals surface area contributed by atoms with E-state index in [1.807, 2.05) is 49.4 Å². The zero-order valence-electron chi connectivity index (χ0n) is 15.7. The van der Waals surface area contributed by atoms with Crippen LogP contribution in [0.4, 0.5) is 5.69 Å². The number of nitrogens with one attached hydrogen (secondary N) is 1. The minimum absolute atomic E-state index is 0.280. The highest BCUT2D eigenvalue weighted by Gasteiger charge is 2.15. The fraction of sp³-hybridized carbons (Fsp3) is 0.190. The molecule has 1 amide bonds. The summed E-state index contributed by atoms with van der Waals surface area (Å²) in [6.07, 6.45) is 1.54. The number of nitrogens with zero attached hydrogens (tertiary/aromatic N) is 2. The summed E-state index contributed by atoms with van der Waals surface area (Å²) < 4.78 is 10.5. The van der Waals surface area contributed by atoms with Crippen LogP contribution in [0.3, 0.4) is 0 Å². The van der Waals surface area contributed by atoms with E-state index in [1.165, 1.54) is 0 Å². The molecule has 0 unspecified atom stereocenters. The van der Waals surface area contributed by atoms with Crippen molar-refractivity contribution in [3.8, 4) is 22.9 Å². The van der Waals surface area contributed by atoms with Gasteiger partial charge in [-0.05, 0) is 55.8 Å². The van der Waals surface area contributed by atoms with Crippen LogP contribution in [0.2, 0.25) is 0 Å². The van der Waals surface area contributed by atoms with Gasteiger partial charge in [0.2, 0.25) is 0 Å². The molecule has 0 spiro atoms. The molecule has 0 aliphatic rings. The number of carbonyl (C=O) groups is 1. The fourth-order valence-electron chi connectivity index (χ4n) is 2.68. The highest BCUT2D eigenvalue weighted by molar-refractivity contribution is 6.05. The summed E-state index contributed by atoms with van der Waals surface area (Å²) in [5.41, 5.74) is 3.50. The number of methoxy groups -OCH3 is 2. The van der Waals surface area contributed by atoms with Crippen LogP contribution < -0.4 is 14.8 Å². The van der Waals surface area contributed by atoms with Crippen LogP contribution in [-0.2, 0) is 0 Å². The zero-order chi connectivity index (χ0) is 19.4. The first kappa shape index (κ1) is 18.4. The fourth-order valence-corrected chi connectivity index (χ4v) is 2.68. The van der Waals surface area contributed by atoms with Crippen molar-refractivity contribution in [3.05, 3.63) is 65.5 Å². The van der Waals surface area contributed by atoms with E-state index < -0.39 is 0 Å². The Kier molecular flexibility index (Phi) is 5.35. The zero-order valence-corrected chi connectivity index (χ0v) is 15.7. The molecule has 0 saturated heterocycles. The molecule has 1 N–H and O–H groups in total. The van der Waals surface area contributed by atoms with Crippen molar-refractivity contribution in [2.75, 3.05) is 19.5 Å². The van der Waals surface area contributed by atoms with Gasteiger partial charge in [0.15, 0.2) is 5.82 Å². The molecule has 1 aromatic heterocycles. The first-order valence-electron chi connectivity index (χ1n) is 8.46. The third-order valence-corrected chi connectivity index (χ3v) is 4.18. The number of ether oxygens (including phenoxy) is 2. The van der Waals surface area contributed by atoms with Crippen LogP contribution in [0.1, 0.15) is 21.6 Å². The van der Waals surface area contributed by atoms with E-state index in [1.54, 1.807) is 27.3 Å². The Morgan fingerprint density at radius 3 is 2.37 bits per heavy atom. The normalized spacial score (nSPS) is 10.4. The van der Waals surface area contributed by atoms with Crippen LogP contribution in [0.5, 0.6) is 11.5 Å². The Hall–Kier alpha value is -3.41. The summed E-state index contributed by atoms with van der Waals surface area (Å²) in [6.45, 7) is 3.74. The van der Waals surface area contributed by atoms with Gasteiger partial charge in [-0.3, -0.25) is 4.79 Å². The van der Waals surface area contributed by atoms with Crippen molar-refractivity contribution in [2.45, 2.75) is 13.8 Å². The Morgan fingerprint density at radius 1 is 1.00 bits per heavy atom. The van der Waals surface area contributed by atoms with E-state index in [2.05, 4.69) is 15.3 Å². The van der Waals surface area contributed by atoms with Crippen molar-refractivity contribution in [3.63, 3.8) is 0 Å². The minimum atomic E-state index is -0.280. The predicted octanol–water partition coefficient (Wildman–Crippen LogP) is 4.03. The highest BCUT2D eigenvalue weighted by Crippen LogP contribution is 2.26. The second-order valence-corrected chi connectivity index (χ2v) is 6.08. The average Bonchev–Trinajstić information content (AvgIpc) is 2.68. The lowest BCUT2D eigenvalue weighted by atomic mass is 10.1. The maximum atomic E-state index is 12.7. The van der Waals surface area contributed by atoms with E-state index in [-0.39, 0.29) is 5.91 Å². The van der Waals surface area contributed by atoms with Crippen molar-refractivity contribution >= 4 is 11.6 Å². The second-order valence-electron chi connectivity index (χ2n) is 6.08. The lowest BCUT2D eigenvalue weighted by Crippen LogP contribution is -2.15.